The Bertz CT molecular complexity index is 788. The Morgan fingerprint density at radius 1 is 1.45 bits per heavy atom. The summed E-state index contributed by atoms with van der Waals surface area (Å²) in [6.45, 7) is 1.35. The van der Waals surface area contributed by atoms with E-state index in [9.17, 15) is 4.79 Å². The van der Waals surface area contributed by atoms with Crippen LogP contribution in [0.2, 0.25) is 0 Å². The highest BCUT2D eigenvalue weighted by molar-refractivity contribution is 6.02. The number of nitrogens with zero attached hydrogens (tertiary/aromatic N) is 2. The van der Waals surface area contributed by atoms with Crippen LogP contribution in [0.4, 0.5) is 5.69 Å². The molecule has 0 aliphatic carbocycles. The average molecular weight is 269 g/mol. The molecule has 3 rings (SSSR count). The van der Waals surface area contributed by atoms with E-state index < -0.39 is 0 Å². The molecule has 0 unspecified atom stereocenters. The van der Waals surface area contributed by atoms with Crippen molar-refractivity contribution in [2.24, 2.45) is 12.0 Å². The minimum atomic E-state index is -0.0592. The lowest BCUT2D eigenvalue weighted by Gasteiger charge is -2.14. The Labute approximate surface area is 115 Å². The summed E-state index contributed by atoms with van der Waals surface area (Å²) in [4.78, 5) is 16.6. The van der Waals surface area contributed by atoms with Crippen LogP contribution in [0.5, 0.6) is 0 Å². The molecule has 0 spiro atoms. The molecule has 0 atom stereocenters. The third-order valence-electron chi connectivity index (χ3n) is 3.49. The van der Waals surface area contributed by atoms with E-state index in [1.54, 1.807) is 23.9 Å². The molecule has 1 aliphatic rings. The number of hydrogen-bond donors (Lipinski definition) is 2. The number of anilines is 1. The normalized spacial score (nSPS) is 14.2. The largest absolute Gasteiger partial charge is 0.516 e. The van der Waals surface area contributed by atoms with Gasteiger partial charge in [0.15, 0.2) is 0 Å². The topological polar surface area (TPSA) is 66.6 Å². The standard InChI is InChI=1S/C15H15N3O2/c1-18-13-3-2-10(4-7-19)8-11(13)14-12(15(18)20)9-16-5-6-17-14/h2-4,7-9,17,19H,5-6H2,1H3. The first-order chi connectivity index (χ1) is 9.72. The zero-order valence-electron chi connectivity index (χ0n) is 11.1. The number of aromatic nitrogens is 1. The summed E-state index contributed by atoms with van der Waals surface area (Å²) in [6.07, 6.45) is 4.27. The first-order valence-electron chi connectivity index (χ1n) is 6.43. The second-order valence-electron chi connectivity index (χ2n) is 4.71. The molecule has 5 heteroatoms. The molecule has 0 saturated carbocycles. The number of aliphatic imine (C=N–C) groups is 1. The Hall–Kier alpha value is -2.56. The second-order valence-corrected chi connectivity index (χ2v) is 4.71. The minimum absolute atomic E-state index is 0.0592. The SMILES string of the molecule is Cn1c(=O)c2c(c3cc(C=CO)ccc31)NCCN=C2. The highest BCUT2D eigenvalue weighted by Crippen LogP contribution is 2.26. The fraction of sp³-hybridized carbons (Fsp3) is 0.200. The number of fused-ring (bicyclic) bond motifs is 3. The lowest BCUT2D eigenvalue weighted by atomic mass is 10.1. The molecule has 0 saturated heterocycles. The van der Waals surface area contributed by atoms with Gasteiger partial charge in [-0.25, -0.2) is 0 Å². The Kier molecular flexibility index (Phi) is 3.02. The van der Waals surface area contributed by atoms with Gasteiger partial charge in [-0.05, 0) is 23.8 Å². The van der Waals surface area contributed by atoms with E-state index in [0.717, 1.165) is 28.4 Å². The number of hydrogen-bond acceptors (Lipinski definition) is 4. The molecule has 0 amide bonds. The number of benzene rings is 1. The van der Waals surface area contributed by atoms with E-state index in [1.165, 1.54) is 0 Å². The third kappa shape index (κ3) is 1.87. The summed E-state index contributed by atoms with van der Waals surface area (Å²) in [5.74, 6) is 0. The molecule has 1 aromatic carbocycles. The minimum Gasteiger partial charge on any atom is -0.516 e. The van der Waals surface area contributed by atoms with Crippen molar-refractivity contribution < 1.29 is 5.11 Å². The quantitative estimate of drug-likeness (QED) is 0.777. The van der Waals surface area contributed by atoms with Crippen molar-refractivity contribution in [3.8, 4) is 0 Å². The number of nitrogens with one attached hydrogen (secondary N) is 1. The number of rotatable bonds is 1. The highest BCUT2D eigenvalue weighted by atomic mass is 16.2. The van der Waals surface area contributed by atoms with E-state index in [0.29, 0.717) is 18.7 Å². The van der Waals surface area contributed by atoms with Gasteiger partial charge >= 0.3 is 0 Å². The van der Waals surface area contributed by atoms with E-state index in [-0.39, 0.29) is 5.56 Å². The van der Waals surface area contributed by atoms with Crippen molar-refractivity contribution in [2.75, 3.05) is 18.4 Å². The first-order valence-corrected chi connectivity index (χ1v) is 6.43. The molecule has 2 heterocycles. The van der Waals surface area contributed by atoms with Gasteiger partial charge in [-0.3, -0.25) is 9.79 Å². The monoisotopic (exact) mass is 269 g/mol. The van der Waals surface area contributed by atoms with Gasteiger partial charge in [-0.2, -0.15) is 0 Å². The summed E-state index contributed by atoms with van der Waals surface area (Å²) >= 11 is 0. The summed E-state index contributed by atoms with van der Waals surface area (Å²) in [6, 6.07) is 5.70. The summed E-state index contributed by atoms with van der Waals surface area (Å²) in [5, 5.41) is 13.1. The molecule has 5 nitrogen and oxygen atoms in total. The molecule has 1 aliphatic heterocycles. The molecule has 20 heavy (non-hydrogen) atoms. The zero-order chi connectivity index (χ0) is 14.1. The predicted molar refractivity (Wildman–Crippen MR) is 81.8 cm³/mol. The van der Waals surface area contributed by atoms with Crippen molar-refractivity contribution in [1.82, 2.24) is 4.57 Å². The molecule has 0 radical (unpaired) electrons. The van der Waals surface area contributed by atoms with Crippen LogP contribution in [-0.4, -0.2) is 29.0 Å². The molecular formula is C15H15N3O2. The predicted octanol–water partition coefficient (Wildman–Crippen LogP) is 1.91. The van der Waals surface area contributed by atoms with Gasteiger partial charge in [0.2, 0.25) is 0 Å². The summed E-state index contributed by atoms with van der Waals surface area (Å²) < 4.78 is 1.62. The highest BCUT2D eigenvalue weighted by Gasteiger charge is 2.15. The van der Waals surface area contributed by atoms with Crippen LogP contribution in [0, 0.1) is 0 Å². The van der Waals surface area contributed by atoms with Crippen LogP contribution < -0.4 is 10.9 Å². The molecule has 0 bridgehead atoms. The van der Waals surface area contributed by atoms with Gasteiger partial charge in [0.05, 0.1) is 29.6 Å². The van der Waals surface area contributed by atoms with Gasteiger partial charge in [0.1, 0.15) is 0 Å². The Morgan fingerprint density at radius 2 is 2.30 bits per heavy atom. The van der Waals surface area contributed by atoms with Crippen molar-refractivity contribution in [3.63, 3.8) is 0 Å². The maximum absolute atomic E-state index is 12.4. The molecule has 1 aromatic heterocycles. The third-order valence-corrected chi connectivity index (χ3v) is 3.49. The molecule has 2 aromatic rings. The van der Waals surface area contributed by atoms with Gasteiger partial charge in [0, 0.05) is 25.2 Å². The lowest BCUT2D eigenvalue weighted by molar-refractivity contribution is 0.478. The van der Waals surface area contributed by atoms with Crippen molar-refractivity contribution in [1.29, 1.82) is 0 Å². The molecule has 0 fully saturated rings. The van der Waals surface area contributed by atoms with Crippen molar-refractivity contribution in [2.45, 2.75) is 0 Å². The molecular weight excluding hydrogens is 254 g/mol. The zero-order valence-corrected chi connectivity index (χ0v) is 11.1. The lowest BCUT2D eigenvalue weighted by Crippen LogP contribution is -2.23. The van der Waals surface area contributed by atoms with Crippen LogP contribution in [0.25, 0.3) is 17.0 Å². The number of aliphatic hydroxyl groups excluding tert-OH is 1. The Morgan fingerprint density at radius 3 is 3.10 bits per heavy atom. The van der Waals surface area contributed by atoms with Gasteiger partial charge < -0.3 is 15.0 Å². The maximum atomic E-state index is 12.4. The number of aliphatic hydroxyl groups is 1. The molecule has 102 valence electrons. The number of pyridine rings is 1. The maximum Gasteiger partial charge on any atom is 0.261 e. The van der Waals surface area contributed by atoms with Crippen LogP contribution in [0.15, 0.2) is 34.2 Å². The van der Waals surface area contributed by atoms with Crippen molar-refractivity contribution >= 4 is 28.9 Å². The first kappa shape index (κ1) is 12.5. The number of aryl methyl sites for hydroxylation is 1. The van der Waals surface area contributed by atoms with Gasteiger partial charge in [-0.15, -0.1) is 0 Å². The fourth-order valence-electron chi connectivity index (χ4n) is 2.49. The molecule has 2 N–H and O–H groups in total. The fourth-order valence-corrected chi connectivity index (χ4v) is 2.49. The van der Waals surface area contributed by atoms with E-state index in [2.05, 4.69) is 10.3 Å². The van der Waals surface area contributed by atoms with Crippen LogP contribution >= 0.6 is 0 Å². The summed E-state index contributed by atoms with van der Waals surface area (Å²) in [5.41, 5.74) is 3.08. The van der Waals surface area contributed by atoms with E-state index in [1.807, 2.05) is 18.2 Å². The van der Waals surface area contributed by atoms with Crippen LogP contribution in [0.1, 0.15) is 11.1 Å². The van der Waals surface area contributed by atoms with Gasteiger partial charge in [0.25, 0.3) is 5.56 Å². The van der Waals surface area contributed by atoms with E-state index >= 15 is 0 Å². The second kappa shape index (κ2) is 4.85. The smallest absolute Gasteiger partial charge is 0.261 e. The van der Waals surface area contributed by atoms with Crippen LogP contribution in [-0.2, 0) is 7.05 Å². The van der Waals surface area contributed by atoms with Gasteiger partial charge in [-0.1, -0.05) is 6.07 Å². The van der Waals surface area contributed by atoms with Crippen molar-refractivity contribution in [3.05, 3.63) is 45.9 Å². The summed E-state index contributed by atoms with van der Waals surface area (Å²) in [7, 11) is 1.76. The average Bonchev–Trinajstić information content (AvgIpc) is 2.71. The van der Waals surface area contributed by atoms with Crippen LogP contribution in [0.3, 0.4) is 0 Å². The van der Waals surface area contributed by atoms with E-state index in [4.69, 9.17) is 5.11 Å². The Balaban J connectivity index is 2.41.